The van der Waals surface area contributed by atoms with E-state index in [1.807, 2.05) is 13.8 Å². The molecule has 0 aliphatic heterocycles. The monoisotopic (exact) mass is 215 g/mol. The average molecular weight is 215 g/mol. The number of rotatable bonds is 1. The van der Waals surface area contributed by atoms with E-state index in [0.29, 0.717) is 0 Å². The van der Waals surface area contributed by atoms with Crippen LogP contribution in [0.5, 0.6) is 0 Å². The van der Waals surface area contributed by atoms with Crippen LogP contribution in [0.25, 0.3) is 10.9 Å². The number of nitrogens with zero attached hydrogens (tertiary/aromatic N) is 1. The van der Waals surface area contributed by atoms with Crippen LogP contribution < -0.4 is 0 Å². The van der Waals surface area contributed by atoms with Crippen LogP contribution in [-0.2, 0) is 6.42 Å². The number of fused-ring (bicyclic) bond motifs is 1. The molecule has 16 heavy (non-hydrogen) atoms. The van der Waals surface area contributed by atoms with E-state index in [1.54, 1.807) is 0 Å². The summed E-state index contributed by atoms with van der Waals surface area (Å²) in [5, 5.41) is 1.26. The van der Waals surface area contributed by atoms with Crippen molar-refractivity contribution in [3.8, 4) is 0 Å². The molecule has 1 heterocycles. The van der Waals surface area contributed by atoms with Gasteiger partial charge in [0.2, 0.25) is 0 Å². The van der Waals surface area contributed by atoms with Crippen molar-refractivity contribution in [1.82, 2.24) is 4.98 Å². The van der Waals surface area contributed by atoms with Gasteiger partial charge < -0.3 is 0 Å². The molecular formula is C15H21N. The second-order valence-corrected chi connectivity index (χ2v) is 3.78. The van der Waals surface area contributed by atoms with Crippen LogP contribution in [0.3, 0.4) is 0 Å². The van der Waals surface area contributed by atoms with Gasteiger partial charge in [0.05, 0.1) is 5.52 Å². The fraction of sp³-hybridized carbons (Fsp3) is 0.400. The Morgan fingerprint density at radius 3 is 2.38 bits per heavy atom. The maximum atomic E-state index is 4.59. The quantitative estimate of drug-likeness (QED) is 0.685. The first-order valence-electron chi connectivity index (χ1n) is 6.07. The third-order valence-electron chi connectivity index (χ3n) is 2.65. The van der Waals surface area contributed by atoms with Crippen molar-refractivity contribution in [3.63, 3.8) is 0 Å². The molecule has 0 spiro atoms. The minimum atomic E-state index is 1.06. The van der Waals surface area contributed by atoms with Crippen LogP contribution in [0, 0.1) is 13.8 Å². The van der Waals surface area contributed by atoms with Crippen molar-refractivity contribution in [2.75, 3.05) is 0 Å². The minimum Gasteiger partial charge on any atom is -0.253 e. The summed E-state index contributed by atoms with van der Waals surface area (Å²) in [6.45, 7) is 10.4. The topological polar surface area (TPSA) is 12.9 Å². The van der Waals surface area contributed by atoms with Crippen molar-refractivity contribution in [1.29, 1.82) is 0 Å². The van der Waals surface area contributed by atoms with Gasteiger partial charge in [0.15, 0.2) is 0 Å². The second kappa shape index (κ2) is 5.64. The molecule has 1 aromatic heterocycles. The molecule has 0 atom stereocenters. The molecule has 0 unspecified atom stereocenters. The van der Waals surface area contributed by atoms with E-state index in [4.69, 9.17) is 0 Å². The molecule has 1 heteroatoms. The summed E-state index contributed by atoms with van der Waals surface area (Å²) < 4.78 is 0. The van der Waals surface area contributed by atoms with Crippen LogP contribution in [-0.4, -0.2) is 4.98 Å². The molecule has 1 aromatic carbocycles. The number of hydrogen-bond donors (Lipinski definition) is 0. The zero-order valence-corrected chi connectivity index (χ0v) is 11.0. The van der Waals surface area contributed by atoms with E-state index in [9.17, 15) is 0 Å². The molecule has 0 radical (unpaired) electrons. The molecule has 0 N–H and O–H groups in total. The van der Waals surface area contributed by atoms with Gasteiger partial charge in [-0.05, 0) is 44.0 Å². The number of aromatic nitrogens is 1. The number of aryl methyl sites for hydroxylation is 3. The lowest BCUT2D eigenvalue weighted by Gasteiger charge is -2.05. The molecular weight excluding hydrogens is 194 g/mol. The highest BCUT2D eigenvalue weighted by atomic mass is 14.7. The molecule has 2 aromatic rings. The Morgan fingerprint density at radius 1 is 1.06 bits per heavy atom. The number of hydrogen-bond acceptors (Lipinski definition) is 1. The van der Waals surface area contributed by atoms with E-state index < -0.39 is 0 Å². The van der Waals surface area contributed by atoms with Crippen molar-refractivity contribution in [2.24, 2.45) is 0 Å². The summed E-state index contributed by atoms with van der Waals surface area (Å²) in [6, 6.07) is 8.66. The van der Waals surface area contributed by atoms with Crippen LogP contribution in [0.2, 0.25) is 0 Å². The van der Waals surface area contributed by atoms with Crippen LogP contribution in [0.4, 0.5) is 0 Å². The molecule has 2 rings (SSSR count). The predicted octanol–water partition coefficient (Wildman–Crippen LogP) is 4.44. The maximum Gasteiger partial charge on any atom is 0.0705 e. The highest BCUT2D eigenvalue weighted by molar-refractivity contribution is 5.80. The van der Waals surface area contributed by atoms with Crippen molar-refractivity contribution < 1.29 is 0 Å². The molecule has 0 saturated heterocycles. The van der Waals surface area contributed by atoms with Crippen LogP contribution >= 0.6 is 0 Å². The minimum absolute atomic E-state index is 1.06. The van der Waals surface area contributed by atoms with E-state index in [0.717, 1.165) is 17.6 Å². The van der Waals surface area contributed by atoms with E-state index in [-0.39, 0.29) is 0 Å². The van der Waals surface area contributed by atoms with Gasteiger partial charge in [0, 0.05) is 11.1 Å². The summed E-state index contributed by atoms with van der Waals surface area (Å²) in [7, 11) is 0. The van der Waals surface area contributed by atoms with Crippen molar-refractivity contribution >= 4 is 10.9 Å². The molecule has 86 valence electrons. The average Bonchev–Trinajstić information content (AvgIpc) is 2.31. The number of benzene rings is 1. The third-order valence-corrected chi connectivity index (χ3v) is 2.65. The Hall–Kier alpha value is -1.37. The molecule has 0 aliphatic rings. The van der Waals surface area contributed by atoms with Crippen LogP contribution in [0.15, 0.2) is 24.3 Å². The zero-order chi connectivity index (χ0) is 12.1. The van der Waals surface area contributed by atoms with Gasteiger partial charge in [-0.3, -0.25) is 4.98 Å². The van der Waals surface area contributed by atoms with E-state index in [2.05, 4.69) is 50.0 Å². The molecule has 0 aliphatic carbocycles. The van der Waals surface area contributed by atoms with Gasteiger partial charge in [0.1, 0.15) is 0 Å². The fourth-order valence-electron chi connectivity index (χ4n) is 1.79. The number of pyridine rings is 1. The summed E-state index contributed by atoms with van der Waals surface area (Å²) in [5.74, 6) is 0. The SMILES string of the molecule is CC.CCc1cc2cc(C)ccc2nc1C. The Labute approximate surface area is 98.5 Å². The predicted molar refractivity (Wildman–Crippen MR) is 71.9 cm³/mol. The summed E-state index contributed by atoms with van der Waals surface area (Å²) >= 11 is 0. The first-order valence-corrected chi connectivity index (χ1v) is 6.07. The zero-order valence-electron chi connectivity index (χ0n) is 11.0. The third kappa shape index (κ3) is 2.60. The lowest BCUT2D eigenvalue weighted by atomic mass is 10.1. The van der Waals surface area contributed by atoms with Gasteiger partial charge in [0.25, 0.3) is 0 Å². The highest BCUT2D eigenvalue weighted by Gasteiger charge is 2.01. The standard InChI is InChI=1S/C13H15N.C2H6/c1-4-11-8-12-7-9(2)5-6-13(12)14-10(11)3;1-2/h5-8H,4H2,1-3H3;1-2H3. The summed E-state index contributed by atoms with van der Waals surface area (Å²) in [5.41, 5.74) is 4.91. The summed E-state index contributed by atoms with van der Waals surface area (Å²) in [6.07, 6.45) is 1.06. The van der Waals surface area contributed by atoms with Gasteiger partial charge in [-0.15, -0.1) is 0 Å². The lowest BCUT2D eigenvalue weighted by molar-refractivity contribution is 1.07. The normalized spacial score (nSPS) is 9.81. The first kappa shape index (κ1) is 12.7. The van der Waals surface area contributed by atoms with E-state index in [1.165, 1.54) is 16.5 Å². The van der Waals surface area contributed by atoms with Gasteiger partial charge in [-0.25, -0.2) is 0 Å². The molecule has 0 saturated carbocycles. The fourth-order valence-corrected chi connectivity index (χ4v) is 1.79. The van der Waals surface area contributed by atoms with Crippen molar-refractivity contribution in [2.45, 2.75) is 41.0 Å². The van der Waals surface area contributed by atoms with Gasteiger partial charge >= 0.3 is 0 Å². The van der Waals surface area contributed by atoms with Crippen molar-refractivity contribution in [3.05, 3.63) is 41.1 Å². The Bertz CT molecular complexity index is 472. The van der Waals surface area contributed by atoms with Gasteiger partial charge in [-0.2, -0.15) is 0 Å². The van der Waals surface area contributed by atoms with Gasteiger partial charge in [-0.1, -0.05) is 32.4 Å². The largest absolute Gasteiger partial charge is 0.253 e. The Morgan fingerprint density at radius 2 is 1.75 bits per heavy atom. The first-order chi connectivity index (χ1) is 7.70. The summed E-state index contributed by atoms with van der Waals surface area (Å²) in [4.78, 5) is 4.59. The molecule has 0 fully saturated rings. The maximum absolute atomic E-state index is 4.59. The Kier molecular flexibility index (Phi) is 4.48. The molecule has 0 amide bonds. The highest BCUT2D eigenvalue weighted by Crippen LogP contribution is 2.18. The smallest absolute Gasteiger partial charge is 0.0705 e. The van der Waals surface area contributed by atoms with Crippen LogP contribution in [0.1, 0.15) is 37.6 Å². The Balaban J connectivity index is 0.000000606. The molecule has 1 nitrogen and oxygen atoms in total. The van der Waals surface area contributed by atoms with E-state index >= 15 is 0 Å². The second-order valence-electron chi connectivity index (χ2n) is 3.78. The lowest BCUT2D eigenvalue weighted by Crippen LogP contribution is -1.92. The molecule has 0 bridgehead atoms.